The summed E-state index contributed by atoms with van der Waals surface area (Å²) in [5.74, 6) is -0.0356. The van der Waals surface area contributed by atoms with Gasteiger partial charge in [0.05, 0.1) is 12.5 Å². The van der Waals surface area contributed by atoms with Crippen LogP contribution in [0.25, 0.3) is 0 Å². The summed E-state index contributed by atoms with van der Waals surface area (Å²) in [7, 11) is 0. The summed E-state index contributed by atoms with van der Waals surface area (Å²) < 4.78 is 0. The maximum atomic E-state index is 12.1. The second kappa shape index (κ2) is 5.88. The zero-order chi connectivity index (χ0) is 14.6. The topological polar surface area (TPSA) is 52.9 Å². The Morgan fingerprint density at radius 3 is 2.58 bits per heavy atom. The molecule has 102 valence electrons. The molecular formula is C16H22N2O. The van der Waals surface area contributed by atoms with E-state index in [1.165, 1.54) is 0 Å². The Morgan fingerprint density at radius 2 is 2.05 bits per heavy atom. The third-order valence-electron chi connectivity index (χ3n) is 3.64. The molecule has 0 aliphatic rings. The van der Waals surface area contributed by atoms with E-state index in [1.54, 1.807) is 6.92 Å². The molecule has 0 heterocycles. The van der Waals surface area contributed by atoms with Crippen LogP contribution in [0.3, 0.4) is 0 Å². The molecule has 1 atom stereocenters. The van der Waals surface area contributed by atoms with Crippen molar-refractivity contribution in [3.8, 4) is 6.07 Å². The molecular weight excluding hydrogens is 236 g/mol. The molecule has 0 saturated carbocycles. The monoisotopic (exact) mass is 258 g/mol. The average Bonchev–Trinajstić information content (AvgIpc) is 2.33. The minimum atomic E-state index is -0.811. The molecule has 3 nitrogen and oxygen atoms in total. The van der Waals surface area contributed by atoms with Gasteiger partial charge in [-0.25, -0.2) is 0 Å². The summed E-state index contributed by atoms with van der Waals surface area (Å²) in [5.41, 5.74) is 2.44. The van der Waals surface area contributed by atoms with Gasteiger partial charge in [0.2, 0.25) is 5.91 Å². The van der Waals surface area contributed by atoms with Gasteiger partial charge in [0, 0.05) is 0 Å². The van der Waals surface area contributed by atoms with Crippen LogP contribution in [-0.4, -0.2) is 11.4 Å². The molecule has 1 N–H and O–H groups in total. The maximum Gasteiger partial charge on any atom is 0.225 e. The SMILES string of the molecule is Cc1ccc(C)c(CC(=O)NC(C)(C#N)C(C)C)c1. The highest BCUT2D eigenvalue weighted by atomic mass is 16.1. The third kappa shape index (κ3) is 3.82. The predicted molar refractivity (Wildman–Crippen MR) is 76.6 cm³/mol. The van der Waals surface area contributed by atoms with Crippen LogP contribution in [0.5, 0.6) is 0 Å². The second-order valence-corrected chi connectivity index (χ2v) is 5.62. The summed E-state index contributed by atoms with van der Waals surface area (Å²) in [6, 6.07) is 8.26. The first-order valence-electron chi connectivity index (χ1n) is 6.57. The lowest BCUT2D eigenvalue weighted by Gasteiger charge is -2.27. The van der Waals surface area contributed by atoms with E-state index in [4.69, 9.17) is 0 Å². The second-order valence-electron chi connectivity index (χ2n) is 5.62. The molecule has 1 rings (SSSR count). The van der Waals surface area contributed by atoms with Gasteiger partial charge in [-0.05, 0) is 37.8 Å². The van der Waals surface area contributed by atoms with Crippen molar-refractivity contribution in [1.82, 2.24) is 5.32 Å². The lowest BCUT2D eigenvalue weighted by Crippen LogP contribution is -2.49. The van der Waals surface area contributed by atoms with Gasteiger partial charge in [-0.2, -0.15) is 5.26 Å². The van der Waals surface area contributed by atoms with Gasteiger partial charge in [-0.3, -0.25) is 4.79 Å². The van der Waals surface area contributed by atoms with Crippen molar-refractivity contribution in [2.75, 3.05) is 0 Å². The molecule has 0 aromatic heterocycles. The molecule has 1 aromatic rings. The fourth-order valence-electron chi connectivity index (χ4n) is 1.80. The van der Waals surface area contributed by atoms with Gasteiger partial charge in [0.15, 0.2) is 0 Å². The Morgan fingerprint density at radius 1 is 1.42 bits per heavy atom. The first kappa shape index (κ1) is 15.2. The molecule has 0 spiro atoms. The predicted octanol–water partition coefficient (Wildman–Crippen LogP) is 2.90. The Hall–Kier alpha value is -1.82. The zero-order valence-corrected chi connectivity index (χ0v) is 12.4. The van der Waals surface area contributed by atoms with Crippen molar-refractivity contribution in [1.29, 1.82) is 5.26 Å². The number of amides is 1. The molecule has 0 saturated heterocycles. The highest BCUT2D eigenvalue weighted by Gasteiger charge is 2.29. The first-order chi connectivity index (χ1) is 8.78. The standard InChI is InChI=1S/C16H22N2O/c1-11(2)16(5,10-17)18-15(19)9-14-8-12(3)6-7-13(14)4/h6-8,11H,9H2,1-5H3,(H,18,19). The number of carbonyl (C=O) groups excluding carboxylic acids is 1. The first-order valence-corrected chi connectivity index (χ1v) is 6.57. The number of aryl methyl sites for hydroxylation is 2. The minimum Gasteiger partial charge on any atom is -0.338 e. The Labute approximate surface area is 115 Å². The summed E-state index contributed by atoms with van der Waals surface area (Å²) in [5, 5.41) is 12.0. The quantitative estimate of drug-likeness (QED) is 0.902. The number of nitrogens with one attached hydrogen (secondary N) is 1. The van der Waals surface area contributed by atoms with E-state index in [-0.39, 0.29) is 11.8 Å². The van der Waals surface area contributed by atoms with Crippen LogP contribution < -0.4 is 5.32 Å². The largest absolute Gasteiger partial charge is 0.338 e. The number of carbonyl (C=O) groups is 1. The number of nitrogens with zero attached hydrogens (tertiary/aromatic N) is 1. The normalized spacial score (nSPS) is 13.7. The van der Waals surface area contributed by atoms with Crippen molar-refractivity contribution in [2.24, 2.45) is 5.92 Å². The van der Waals surface area contributed by atoms with Gasteiger partial charge in [0.1, 0.15) is 5.54 Å². The van der Waals surface area contributed by atoms with Gasteiger partial charge in [-0.15, -0.1) is 0 Å². The summed E-state index contributed by atoms with van der Waals surface area (Å²) in [4.78, 5) is 12.1. The summed E-state index contributed by atoms with van der Waals surface area (Å²) in [6.07, 6.45) is 0.317. The minimum absolute atomic E-state index is 0.0695. The molecule has 0 radical (unpaired) electrons. The average molecular weight is 258 g/mol. The fraction of sp³-hybridized carbons (Fsp3) is 0.500. The van der Waals surface area contributed by atoms with E-state index >= 15 is 0 Å². The zero-order valence-electron chi connectivity index (χ0n) is 12.4. The van der Waals surface area contributed by atoms with E-state index in [9.17, 15) is 10.1 Å². The van der Waals surface area contributed by atoms with Crippen LogP contribution in [-0.2, 0) is 11.2 Å². The van der Waals surface area contributed by atoms with Crippen LogP contribution in [0.15, 0.2) is 18.2 Å². The van der Waals surface area contributed by atoms with Gasteiger partial charge >= 0.3 is 0 Å². The van der Waals surface area contributed by atoms with Gasteiger partial charge in [-0.1, -0.05) is 37.6 Å². The maximum absolute atomic E-state index is 12.1. The van der Waals surface area contributed by atoms with E-state index in [1.807, 2.05) is 45.9 Å². The van der Waals surface area contributed by atoms with Crippen molar-refractivity contribution < 1.29 is 4.79 Å². The van der Waals surface area contributed by atoms with E-state index in [0.717, 1.165) is 16.7 Å². The summed E-state index contributed by atoms with van der Waals surface area (Å²) in [6.45, 7) is 9.63. The number of hydrogen-bond acceptors (Lipinski definition) is 2. The van der Waals surface area contributed by atoms with Gasteiger partial charge in [0.25, 0.3) is 0 Å². The van der Waals surface area contributed by atoms with Crippen LogP contribution in [0.1, 0.15) is 37.5 Å². The number of nitriles is 1. The van der Waals surface area contributed by atoms with Crippen LogP contribution in [0.4, 0.5) is 0 Å². The lowest BCUT2D eigenvalue weighted by molar-refractivity contribution is -0.122. The van der Waals surface area contributed by atoms with Crippen LogP contribution in [0, 0.1) is 31.1 Å². The molecule has 0 bridgehead atoms. The van der Waals surface area contributed by atoms with Crippen molar-refractivity contribution in [2.45, 2.75) is 46.6 Å². The van der Waals surface area contributed by atoms with E-state index in [2.05, 4.69) is 11.4 Å². The molecule has 0 aliphatic carbocycles. The number of hydrogen-bond donors (Lipinski definition) is 1. The molecule has 0 fully saturated rings. The molecule has 1 amide bonds. The number of benzene rings is 1. The lowest BCUT2D eigenvalue weighted by atomic mass is 9.89. The molecule has 1 aromatic carbocycles. The third-order valence-corrected chi connectivity index (χ3v) is 3.64. The number of rotatable bonds is 4. The van der Waals surface area contributed by atoms with Crippen LogP contribution in [0.2, 0.25) is 0 Å². The Balaban J connectivity index is 2.81. The highest BCUT2D eigenvalue weighted by Crippen LogP contribution is 2.16. The molecule has 0 aliphatic heterocycles. The van der Waals surface area contributed by atoms with Crippen molar-refractivity contribution in [3.05, 3.63) is 34.9 Å². The fourth-order valence-corrected chi connectivity index (χ4v) is 1.80. The summed E-state index contributed by atoms with van der Waals surface area (Å²) >= 11 is 0. The van der Waals surface area contributed by atoms with Crippen molar-refractivity contribution >= 4 is 5.91 Å². The van der Waals surface area contributed by atoms with Crippen molar-refractivity contribution in [3.63, 3.8) is 0 Å². The Bertz CT molecular complexity index is 514. The smallest absolute Gasteiger partial charge is 0.225 e. The molecule has 19 heavy (non-hydrogen) atoms. The Kier molecular flexibility index (Phi) is 4.72. The highest BCUT2D eigenvalue weighted by molar-refractivity contribution is 5.80. The van der Waals surface area contributed by atoms with Gasteiger partial charge < -0.3 is 5.32 Å². The van der Waals surface area contributed by atoms with Crippen LogP contribution >= 0.6 is 0 Å². The molecule has 1 unspecified atom stereocenters. The molecule has 3 heteroatoms. The van der Waals surface area contributed by atoms with E-state index < -0.39 is 5.54 Å². The van der Waals surface area contributed by atoms with E-state index in [0.29, 0.717) is 6.42 Å².